The number of methoxy groups -OCH3 is 1. The number of rotatable bonds is 6. The highest BCUT2D eigenvalue weighted by Crippen LogP contribution is 2.34. The van der Waals surface area contributed by atoms with E-state index in [9.17, 15) is 27.5 Å². The van der Waals surface area contributed by atoms with E-state index in [-0.39, 0.29) is 40.0 Å². The van der Waals surface area contributed by atoms with Crippen LogP contribution in [0.2, 0.25) is 0 Å². The number of aryl methyl sites for hydroxylation is 1. The Morgan fingerprint density at radius 1 is 1.23 bits per heavy atom. The predicted molar refractivity (Wildman–Crippen MR) is 118 cm³/mol. The zero-order chi connectivity index (χ0) is 25.3. The van der Waals surface area contributed by atoms with Crippen LogP contribution in [0.4, 0.5) is 35.0 Å². The van der Waals surface area contributed by atoms with Gasteiger partial charge in [-0.3, -0.25) is 5.01 Å². The number of nitrogens with one attached hydrogen (secondary N) is 2. The van der Waals surface area contributed by atoms with Gasteiger partial charge in [-0.25, -0.2) is 24.6 Å². The van der Waals surface area contributed by atoms with Crippen molar-refractivity contribution in [1.29, 1.82) is 0 Å². The fourth-order valence-electron chi connectivity index (χ4n) is 3.31. The summed E-state index contributed by atoms with van der Waals surface area (Å²) in [6.45, 7) is 1.76. The topological polar surface area (TPSA) is 113 Å². The molecule has 1 aliphatic heterocycles. The lowest BCUT2D eigenvalue weighted by atomic mass is 10.1. The third-order valence-electron chi connectivity index (χ3n) is 5.01. The van der Waals surface area contributed by atoms with Crippen LogP contribution >= 0.6 is 0 Å². The third kappa shape index (κ3) is 4.99. The van der Waals surface area contributed by atoms with Crippen LogP contribution in [0, 0.1) is 12.7 Å². The summed E-state index contributed by atoms with van der Waals surface area (Å²) in [4.78, 5) is 24.0. The minimum atomic E-state index is -4.57. The number of aromatic nitrogens is 3. The maximum atomic E-state index is 14.2. The lowest BCUT2D eigenvalue weighted by Crippen LogP contribution is -2.44. The molecule has 4 rings (SSSR count). The van der Waals surface area contributed by atoms with Gasteiger partial charge >= 0.3 is 12.1 Å². The third-order valence-corrected chi connectivity index (χ3v) is 5.01. The highest BCUT2D eigenvalue weighted by atomic mass is 19.4. The van der Waals surface area contributed by atoms with E-state index in [4.69, 9.17) is 4.74 Å². The molecule has 3 heterocycles. The monoisotopic (exact) mass is 490 g/mol. The molecule has 0 amide bonds. The van der Waals surface area contributed by atoms with Crippen LogP contribution in [0.25, 0.3) is 11.1 Å². The van der Waals surface area contributed by atoms with Gasteiger partial charge in [0.2, 0.25) is 11.8 Å². The van der Waals surface area contributed by atoms with Gasteiger partial charge in [0.15, 0.2) is 5.82 Å². The van der Waals surface area contributed by atoms with Gasteiger partial charge in [0.25, 0.3) is 0 Å². The molecular formula is C22H18F4N6O3. The molecule has 1 unspecified atom stereocenters. The van der Waals surface area contributed by atoms with Gasteiger partial charge in [0.1, 0.15) is 17.4 Å². The summed E-state index contributed by atoms with van der Waals surface area (Å²) in [7, 11) is 1.25. The summed E-state index contributed by atoms with van der Waals surface area (Å²) in [6.07, 6.45) is 0.0123. The molecule has 0 fully saturated rings. The van der Waals surface area contributed by atoms with Crippen LogP contribution < -0.4 is 20.5 Å². The summed E-state index contributed by atoms with van der Waals surface area (Å²) in [5.74, 6) is -2.19. The number of nitrogens with zero attached hydrogens (tertiary/aromatic N) is 4. The number of halogens is 4. The SMILES string of the molecule is COc1ncc(-c2cnc(Nc3cc(C)ccc3F)nc2N2C=CC(C(F)(F)F)N2)cc1C(=O)O. The fourth-order valence-corrected chi connectivity index (χ4v) is 3.31. The highest BCUT2D eigenvalue weighted by molar-refractivity contribution is 5.92. The van der Waals surface area contributed by atoms with E-state index in [1.165, 1.54) is 37.7 Å². The number of carboxylic acids is 1. The summed E-state index contributed by atoms with van der Waals surface area (Å²) in [6, 6.07) is 3.61. The number of alkyl halides is 3. The minimum Gasteiger partial charge on any atom is -0.480 e. The maximum Gasteiger partial charge on any atom is 0.409 e. The van der Waals surface area contributed by atoms with Crippen LogP contribution in [0.1, 0.15) is 15.9 Å². The number of anilines is 3. The van der Waals surface area contributed by atoms with Crippen molar-refractivity contribution in [2.24, 2.45) is 0 Å². The van der Waals surface area contributed by atoms with Gasteiger partial charge < -0.3 is 15.2 Å². The second-order valence-corrected chi connectivity index (χ2v) is 7.49. The maximum absolute atomic E-state index is 14.2. The Kier molecular flexibility index (Phi) is 6.26. The lowest BCUT2D eigenvalue weighted by Gasteiger charge is -2.23. The molecule has 2 aromatic heterocycles. The second-order valence-electron chi connectivity index (χ2n) is 7.49. The standard InChI is InChI=1S/C22H18F4N6O3/c1-11-3-4-15(23)16(7-11)29-21-28-10-14(12-8-13(20(33)34)19(35-2)27-9-12)18(30-21)32-6-5-17(31-32)22(24,25)26/h3-10,17,31H,1-2H3,(H,33,34)(H,28,29,30). The van der Waals surface area contributed by atoms with Gasteiger partial charge in [-0.15, -0.1) is 0 Å². The van der Waals surface area contributed by atoms with E-state index in [2.05, 4.69) is 25.7 Å². The first-order valence-corrected chi connectivity index (χ1v) is 10.0. The first-order chi connectivity index (χ1) is 16.6. The first kappa shape index (κ1) is 23.9. The lowest BCUT2D eigenvalue weighted by molar-refractivity contribution is -0.142. The van der Waals surface area contributed by atoms with Crippen molar-refractivity contribution in [3.8, 4) is 17.0 Å². The molecule has 35 heavy (non-hydrogen) atoms. The zero-order valence-electron chi connectivity index (χ0n) is 18.3. The number of aromatic carboxylic acids is 1. The van der Waals surface area contributed by atoms with Gasteiger partial charge in [-0.05, 0) is 36.8 Å². The van der Waals surface area contributed by atoms with Crippen molar-refractivity contribution in [3.05, 3.63) is 65.9 Å². The normalized spacial score (nSPS) is 15.4. The minimum absolute atomic E-state index is 0.0538. The smallest absolute Gasteiger partial charge is 0.409 e. The molecule has 9 nitrogen and oxygen atoms in total. The molecule has 182 valence electrons. The molecule has 0 spiro atoms. The number of hydrazine groups is 1. The predicted octanol–water partition coefficient (Wildman–Crippen LogP) is 4.21. The quantitative estimate of drug-likeness (QED) is 0.438. The number of carboxylic acid groups (broad SMARTS) is 1. The van der Waals surface area contributed by atoms with Crippen LogP contribution in [-0.2, 0) is 0 Å². The summed E-state index contributed by atoms with van der Waals surface area (Å²) in [5.41, 5.74) is 3.21. The zero-order valence-corrected chi connectivity index (χ0v) is 18.3. The van der Waals surface area contributed by atoms with E-state index in [0.717, 1.165) is 22.8 Å². The Labute approximate surface area is 196 Å². The highest BCUT2D eigenvalue weighted by Gasteiger charge is 2.41. The van der Waals surface area contributed by atoms with Crippen molar-refractivity contribution in [1.82, 2.24) is 20.4 Å². The summed E-state index contributed by atoms with van der Waals surface area (Å²) < 4.78 is 58.9. The molecule has 3 aromatic rings. The van der Waals surface area contributed by atoms with Crippen molar-refractivity contribution < 1.29 is 32.2 Å². The molecule has 3 N–H and O–H groups in total. The van der Waals surface area contributed by atoms with E-state index in [1.54, 1.807) is 13.0 Å². The first-order valence-electron chi connectivity index (χ1n) is 10.0. The van der Waals surface area contributed by atoms with Crippen molar-refractivity contribution in [2.75, 3.05) is 17.4 Å². The number of ether oxygens (including phenoxy) is 1. The van der Waals surface area contributed by atoms with E-state index in [1.807, 2.05) is 0 Å². The van der Waals surface area contributed by atoms with Gasteiger partial charge in [-0.1, -0.05) is 6.07 Å². The average Bonchev–Trinajstić information content (AvgIpc) is 3.32. The Balaban J connectivity index is 1.79. The second kappa shape index (κ2) is 9.18. The Morgan fingerprint density at radius 3 is 2.66 bits per heavy atom. The molecule has 1 aliphatic rings. The molecule has 0 aliphatic carbocycles. The Hall–Kier alpha value is -4.26. The average molecular weight is 490 g/mol. The molecule has 0 saturated heterocycles. The fraction of sp³-hybridized carbons (Fsp3) is 0.182. The molecule has 0 saturated carbocycles. The van der Waals surface area contributed by atoms with Crippen molar-refractivity contribution >= 4 is 23.4 Å². The molecule has 1 atom stereocenters. The number of hydrogen-bond acceptors (Lipinski definition) is 8. The van der Waals surface area contributed by atoms with Crippen LogP contribution in [0.5, 0.6) is 5.88 Å². The van der Waals surface area contributed by atoms with Crippen LogP contribution in [-0.4, -0.2) is 45.4 Å². The molecule has 13 heteroatoms. The Bertz CT molecular complexity index is 1310. The van der Waals surface area contributed by atoms with Crippen LogP contribution in [0.3, 0.4) is 0 Å². The van der Waals surface area contributed by atoms with E-state index >= 15 is 0 Å². The largest absolute Gasteiger partial charge is 0.480 e. The van der Waals surface area contributed by atoms with E-state index < -0.39 is 24.0 Å². The number of pyridine rings is 1. The van der Waals surface area contributed by atoms with E-state index in [0.29, 0.717) is 0 Å². The number of benzene rings is 1. The van der Waals surface area contributed by atoms with Crippen molar-refractivity contribution in [3.63, 3.8) is 0 Å². The summed E-state index contributed by atoms with van der Waals surface area (Å²) >= 11 is 0. The molecular weight excluding hydrogens is 472 g/mol. The molecule has 0 bridgehead atoms. The van der Waals surface area contributed by atoms with Gasteiger partial charge in [0, 0.05) is 29.7 Å². The Morgan fingerprint density at radius 2 is 2.00 bits per heavy atom. The van der Waals surface area contributed by atoms with Gasteiger partial charge in [-0.2, -0.15) is 18.2 Å². The molecule has 1 aromatic carbocycles. The van der Waals surface area contributed by atoms with Crippen molar-refractivity contribution in [2.45, 2.75) is 19.1 Å². The van der Waals surface area contributed by atoms with Gasteiger partial charge in [0.05, 0.1) is 12.8 Å². The number of hydrogen-bond donors (Lipinski definition) is 3. The summed E-state index contributed by atoms with van der Waals surface area (Å²) in [5, 5.41) is 13.2. The molecule has 0 radical (unpaired) electrons. The van der Waals surface area contributed by atoms with Crippen LogP contribution in [0.15, 0.2) is 48.9 Å². The number of carbonyl (C=O) groups is 1.